The summed E-state index contributed by atoms with van der Waals surface area (Å²) < 4.78 is 38.6. The van der Waals surface area contributed by atoms with Gasteiger partial charge in [0.05, 0.1) is 5.56 Å². The van der Waals surface area contributed by atoms with Gasteiger partial charge in [-0.2, -0.15) is 13.2 Å². The molecule has 0 spiro atoms. The van der Waals surface area contributed by atoms with Crippen molar-refractivity contribution in [2.24, 2.45) is 0 Å². The van der Waals surface area contributed by atoms with Gasteiger partial charge >= 0.3 is 6.18 Å². The first-order chi connectivity index (χ1) is 12.1. The lowest BCUT2D eigenvalue weighted by Crippen LogP contribution is -2.36. The Morgan fingerprint density at radius 2 is 1.85 bits per heavy atom. The molecule has 0 bridgehead atoms. The van der Waals surface area contributed by atoms with E-state index in [1.54, 1.807) is 25.1 Å². The zero-order chi connectivity index (χ0) is 19.5. The van der Waals surface area contributed by atoms with E-state index in [0.717, 1.165) is 22.6 Å². The highest BCUT2D eigenvalue weighted by Gasteiger charge is 2.31. The van der Waals surface area contributed by atoms with Crippen LogP contribution in [0.25, 0.3) is 0 Å². The average molecular weight is 385 g/mol. The Balaban J connectivity index is 2.19. The van der Waals surface area contributed by atoms with Crippen LogP contribution in [-0.4, -0.2) is 18.4 Å². The molecular weight excluding hydrogens is 369 g/mol. The summed E-state index contributed by atoms with van der Waals surface area (Å²) in [6.45, 7) is 2.55. The molecule has 138 valence electrons. The summed E-state index contributed by atoms with van der Waals surface area (Å²) in [5, 5.41) is 3.03. The van der Waals surface area contributed by atoms with E-state index < -0.39 is 30.1 Å². The number of carbonyl (C=O) groups is 2. The normalized spacial score (nSPS) is 11.2. The smallest absolute Gasteiger partial charge is 0.324 e. The zero-order valence-corrected chi connectivity index (χ0v) is 14.8. The maximum absolute atomic E-state index is 12.9. The summed E-state index contributed by atoms with van der Waals surface area (Å²) in [6.07, 6.45) is -4.54. The first-order valence-electron chi connectivity index (χ1n) is 7.59. The van der Waals surface area contributed by atoms with Gasteiger partial charge in [0.15, 0.2) is 0 Å². The minimum absolute atomic E-state index is 0.00980. The van der Waals surface area contributed by atoms with Crippen LogP contribution in [0.15, 0.2) is 42.5 Å². The standard InChI is InChI=1S/C18H16ClF3N2O2/c1-11-6-7-14(9-16(11)19)23-17(26)10-24(12(2)25)15-5-3-4-13(8-15)18(20,21)22/h3-9H,10H2,1-2H3,(H,23,26). The number of carbonyl (C=O) groups excluding carboxylic acids is 2. The second-order valence-electron chi connectivity index (χ2n) is 5.67. The van der Waals surface area contributed by atoms with Gasteiger partial charge in [0.25, 0.3) is 0 Å². The van der Waals surface area contributed by atoms with Gasteiger partial charge in [0.2, 0.25) is 11.8 Å². The van der Waals surface area contributed by atoms with Gasteiger partial charge < -0.3 is 10.2 Å². The molecule has 2 rings (SSSR count). The number of aryl methyl sites for hydroxylation is 1. The van der Waals surface area contributed by atoms with Crippen molar-refractivity contribution in [3.63, 3.8) is 0 Å². The molecule has 0 aromatic heterocycles. The number of amides is 2. The third kappa shape index (κ3) is 4.98. The van der Waals surface area contributed by atoms with Crippen LogP contribution >= 0.6 is 11.6 Å². The van der Waals surface area contributed by atoms with Crippen LogP contribution in [0.2, 0.25) is 5.02 Å². The van der Waals surface area contributed by atoms with Crippen LogP contribution < -0.4 is 10.2 Å². The molecule has 0 heterocycles. The number of alkyl halides is 3. The fourth-order valence-electron chi connectivity index (χ4n) is 2.25. The van der Waals surface area contributed by atoms with E-state index >= 15 is 0 Å². The van der Waals surface area contributed by atoms with E-state index in [9.17, 15) is 22.8 Å². The van der Waals surface area contributed by atoms with Crippen LogP contribution in [-0.2, 0) is 15.8 Å². The summed E-state index contributed by atoms with van der Waals surface area (Å²) in [7, 11) is 0. The highest BCUT2D eigenvalue weighted by Crippen LogP contribution is 2.31. The predicted octanol–water partition coefficient (Wildman–Crippen LogP) is 4.66. The second-order valence-corrected chi connectivity index (χ2v) is 6.07. The topological polar surface area (TPSA) is 49.4 Å². The number of nitrogens with zero attached hydrogens (tertiary/aromatic N) is 1. The van der Waals surface area contributed by atoms with Crippen molar-refractivity contribution in [2.45, 2.75) is 20.0 Å². The monoisotopic (exact) mass is 384 g/mol. The Labute approximate surface area is 153 Å². The Hall–Kier alpha value is -2.54. The maximum Gasteiger partial charge on any atom is 0.416 e. The molecule has 0 atom stereocenters. The first-order valence-corrected chi connectivity index (χ1v) is 7.97. The van der Waals surface area contributed by atoms with Gasteiger partial charge in [-0.3, -0.25) is 9.59 Å². The van der Waals surface area contributed by atoms with Crippen molar-refractivity contribution in [3.05, 3.63) is 58.6 Å². The highest BCUT2D eigenvalue weighted by atomic mass is 35.5. The largest absolute Gasteiger partial charge is 0.416 e. The zero-order valence-electron chi connectivity index (χ0n) is 14.0. The number of benzene rings is 2. The van der Waals surface area contributed by atoms with Crippen molar-refractivity contribution in [3.8, 4) is 0 Å². The molecule has 1 N–H and O–H groups in total. The fourth-order valence-corrected chi connectivity index (χ4v) is 2.43. The van der Waals surface area contributed by atoms with Gasteiger partial charge in [-0.1, -0.05) is 23.7 Å². The van der Waals surface area contributed by atoms with Crippen molar-refractivity contribution in [1.82, 2.24) is 0 Å². The molecule has 0 saturated carbocycles. The number of hydrogen-bond donors (Lipinski definition) is 1. The Morgan fingerprint density at radius 1 is 1.15 bits per heavy atom. The molecule has 0 aliphatic carbocycles. The Bertz CT molecular complexity index is 837. The van der Waals surface area contributed by atoms with Gasteiger partial charge in [-0.15, -0.1) is 0 Å². The lowest BCUT2D eigenvalue weighted by atomic mass is 10.1. The predicted molar refractivity (Wildman–Crippen MR) is 94.3 cm³/mol. The van der Waals surface area contributed by atoms with Crippen LogP contribution in [0.4, 0.5) is 24.5 Å². The van der Waals surface area contributed by atoms with Crippen LogP contribution in [0, 0.1) is 6.92 Å². The second kappa shape index (κ2) is 7.78. The van der Waals surface area contributed by atoms with E-state index in [2.05, 4.69) is 5.32 Å². The van der Waals surface area contributed by atoms with E-state index in [-0.39, 0.29) is 5.69 Å². The van der Waals surface area contributed by atoms with Crippen molar-refractivity contribution in [2.75, 3.05) is 16.8 Å². The SMILES string of the molecule is CC(=O)N(CC(=O)Nc1ccc(C)c(Cl)c1)c1cccc(C(F)(F)F)c1. The third-order valence-electron chi connectivity index (χ3n) is 3.62. The summed E-state index contributed by atoms with van der Waals surface area (Å²) in [5.41, 5.74) is 0.355. The molecule has 0 saturated heterocycles. The molecule has 4 nitrogen and oxygen atoms in total. The molecule has 2 aromatic carbocycles. The van der Waals surface area contributed by atoms with E-state index in [4.69, 9.17) is 11.6 Å². The maximum atomic E-state index is 12.9. The molecule has 8 heteroatoms. The number of rotatable bonds is 4. The number of halogens is 4. The van der Waals surface area contributed by atoms with E-state index in [0.29, 0.717) is 10.7 Å². The van der Waals surface area contributed by atoms with Crippen LogP contribution in [0.5, 0.6) is 0 Å². The molecule has 0 fully saturated rings. The summed E-state index contributed by atoms with van der Waals surface area (Å²) in [6, 6.07) is 9.16. The minimum Gasteiger partial charge on any atom is -0.324 e. The lowest BCUT2D eigenvalue weighted by molar-refractivity contribution is -0.137. The first kappa shape index (κ1) is 19.8. The molecule has 2 amide bonds. The summed E-state index contributed by atoms with van der Waals surface area (Å²) in [4.78, 5) is 25.0. The number of nitrogens with one attached hydrogen (secondary N) is 1. The highest BCUT2D eigenvalue weighted by molar-refractivity contribution is 6.31. The van der Waals surface area contributed by atoms with Gasteiger partial charge in [0.1, 0.15) is 6.54 Å². The number of anilines is 2. The van der Waals surface area contributed by atoms with Gasteiger partial charge in [0, 0.05) is 23.3 Å². The fraction of sp³-hybridized carbons (Fsp3) is 0.222. The Morgan fingerprint density at radius 3 is 2.42 bits per heavy atom. The summed E-state index contributed by atoms with van der Waals surface area (Å²) in [5.74, 6) is -1.11. The van der Waals surface area contributed by atoms with E-state index in [1.807, 2.05) is 0 Å². The lowest BCUT2D eigenvalue weighted by Gasteiger charge is -2.22. The molecule has 2 aromatic rings. The Kier molecular flexibility index (Phi) is 5.92. The van der Waals surface area contributed by atoms with Crippen LogP contribution in [0.3, 0.4) is 0 Å². The van der Waals surface area contributed by atoms with Crippen molar-refractivity contribution < 1.29 is 22.8 Å². The summed E-state index contributed by atoms with van der Waals surface area (Å²) >= 11 is 5.99. The average Bonchev–Trinajstić information content (AvgIpc) is 2.55. The van der Waals surface area contributed by atoms with Gasteiger partial charge in [-0.25, -0.2) is 0 Å². The molecule has 0 unspecified atom stereocenters. The molecule has 0 aliphatic heterocycles. The van der Waals surface area contributed by atoms with E-state index in [1.165, 1.54) is 19.1 Å². The van der Waals surface area contributed by atoms with Gasteiger partial charge in [-0.05, 0) is 42.8 Å². The minimum atomic E-state index is -4.54. The molecular formula is C18H16ClF3N2O2. The van der Waals surface area contributed by atoms with Crippen LogP contribution in [0.1, 0.15) is 18.1 Å². The van der Waals surface area contributed by atoms with Crippen molar-refractivity contribution in [1.29, 1.82) is 0 Å². The number of hydrogen-bond acceptors (Lipinski definition) is 2. The molecule has 0 radical (unpaired) electrons. The van der Waals surface area contributed by atoms with Crippen molar-refractivity contribution >= 4 is 34.8 Å². The molecule has 0 aliphatic rings. The third-order valence-corrected chi connectivity index (χ3v) is 4.03. The quantitative estimate of drug-likeness (QED) is 0.833. The molecule has 26 heavy (non-hydrogen) atoms.